The van der Waals surface area contributed by atoms with Crippen molar-refractivity contribution in [2.45, 2.75) is 6.92 Å². The van der Waals surface area contributed by atoms with Crippen LogP contribution in [0.5, 0.6) is 0 Å². The Balaban J connectivity index is 0.000000884. The van der Waals surface area contributed by atoms with E-state index >= 15 is 0 Å². The Bertz CT molecular complexity index is 2180. The second kappa shape index (κ2) is 10.3. The molecule has 8 aromatic rings. The molecule has 0 spiro atoms. The highest BCUT2D eigenvalue weighted by molar-refractivity contribution is 6.10. The Morgan fingerprint density at radius 2 is 1.05 bits per heavy atom. The van der Waals surface area contributed by atoms with Gasteiger partial charge in [0.15, 0.2) is 0 Å². The lowest BCUT2D eigenvalue weighted by Gasteiger charge is -2.09. The van der Waals surface area contributed by atoms with Gasteiger partial charge >= 0.3 is 0 Å². The molecule has 2 heteroatoms. The lowest BCUT2D eigenvalue weighted by Crippen LogP contribution is -1.92. The minimum absolute atomic E-state index is 0.923. The molecule has 6 aromatic carbocycles. The lowest BCUT2D eigenvalue weighted by atomic mass is 9.97. The van der Waals surface area contributed by atoms with Gasteiger partial charge in [-0.15, -0.1) is 6.58 Å². The van der Waals surface area contributed by atoms with Gasteiger partial charge in [-0.3, -0.25) is 0 Å². The van der Waals surface area contributed by atoms with E-state index in [9.17, 15) is 0 Å². The molecule has 0 radical (unpaired) electrons. The third kappa shape index (κ3) is 4.31. The van der Waals surface area contributed by atoms with Crippen molar-refractivity contribution in [1.29, 1.82) is 0 Å². The third-order valence-electron chi connectivity index (χ3n) is 7.59. The summed E-state index contributed by atoms with van der Waals surface area (Å²) in [5.74, 6) is 0. The van der Waals surface area contributed by atoms with E-state index in [-0.39, 0.29) is 0 Å². The van der Waals surface area contributed by atoms with Crippen LogP contribution >= 0.6 is 0 Å². The maximum atomic E-state index is 6.04. The Hall–Kier alpha value is -5.34. The highest BCUT2D eigenvalue weighted by atomic mass is 16.3. The molecule has 2 aromatic heterocycles. The summed E-state index contributed by atoms with van der Waals surface area (Å²) in [7, 11) is 0. The van der Waals surface area contributed by atoms with Crippen LogP contribution in [0.25, 0.3) is 71.7 Å². The molecule has 0 amide bonds. The first-order valence-corrected chi connectivity index (χ1v) is 13.9. The Morgan fingerprint density at radius 3 is 1.83 bits per heavy atom. The van der Waals surface area contributed by atoms with Crippen molar-refractivity contribution >= 4 is 43.7 Å². The molecule has 0 N–H and O–H groups in total. The predicted octanol–water partition coefficient (Wildman–Crippen LogP) is 11.2. The summed E-state index contributed by atoms with van der Waals surface area (Å²) in [5, 5.41) is 4.83. The SMILES string of the molecule is C=CC.c1ccc(-n2c3ccccc3c3cc(-c4cccc(-c5ccc6oc7ccccc7c6c5)c4)ccc32)cc1. The van der Waals surface area contributed by atoms with Crippen molar-refractivity contribution in [3.8, 4) is 27.9 Å². The average Bonchev–Trinajstić information content (AvgIpc) is 3.57. The molecule has 0 saturated heterocycles. The highest BCUT2D eigenvalue weighted by Gasteiger charge is 2.13. The van der Waals surface area contributed by atoms with Crippen LogP contribution in [0.2, 0.25) is 0 Å². The molecule has 0 aliphatic rings. The number of aromatic nitrogens is 1. The summed E-state index contributed by atoms with van der Waals surface area (Å²) in [6.07, 6.45) is 1.75. The van der Waals surface area contributed by atoms with Gasteiger partial charge < -0.3 is 8.98 Å². The molecule has 2 nitrogen and oxygen atoms in total. The summed E-state index contributed by atoms with van der Waals surface area (Å²) >= 11 is 0. The Labute approximate surface area is 239 Å². The zero-order valence-electron chi connectivity index (χ0n) is 22.9. The normalized spacial score (nSPS) is 11.1. The fourth-order valence-corrected chi connectivity index (χ4v) is 5.79. The second-order valence-corrected chi connectivity index (χ2v) is 10.2. The number of benzene rings is 6. The van der Waals surface area contributed by atoms with Crippen LogP contribution in [-0.2, 0) is 0 Å². The molecule has 0 aliphatic heterocycles. The van der Waals surface area contributed by atoms with E-state index in [0.717, 1.165) is 21.9 Å². The number of furan rings is 1. The maximum Gasteiger partial charge on any atom is 0.135 e. The Morgan fingerprint density at radius 1 is 0.488 bits per heavy atom. The van der Waals surface area contributed by atoms with E-state index in [1.54, 1.807) is 6.08 Å². The van der Waals surface area contributed by atoms with Gasteiger partial charge in [0.1, 0.15) is 11.2 Å². The largest absolute Gasteiger partial charge is 0.456 e. The minimum Gasteiger partial charge on any atom is -0.456 e. The van der Waals surface area contributed by atoms with Gasteiger partial charge in [-0.25, -0.2) is 0 Å². The van der Waals surface area contributed by atoms with E-state index < -0.39 is 0 Å². The number of allylic oxidation sites excluding steroid dienone is 1. The van der Waals surface area contributed by atoms with E-state index in [1.165, 1.54) is 49.7 Å². The fraction of sp³-hybridized carbons (Fsp3) is 0.0256. The fourth-order valence-electron chi connectivity index (χ4n) is 5.79. The topological polar surface area (TPSA) is 18.1 Å². The summed E-state index contributed by atoms with van der Waals surface area (Å²) in [4.78, 5) is 0. The van der Waals surface area contributed by atoms with Crippen LogP contribution in [0, 0.1) is 0 Å². The molecule has 0 saturated carbocycles. The molecule has 0 bridgehead atoms. The van der Waals surface area contributed by atoms with Crippen LogP contribution in [0.15, 0.2) is 157 Å². The number of para-hydroxylation sites is 3. The molecule has 0 unspecified atom stereocenters. The number of fused-ring (bicyclic) bond motifs is 6. The summed E-state index contributed by atoms with van der Waals surface area (Å²) in [5.41, 5.74) is 10.3. The zero-order chi connectivity index (χ0) is 27.8. The molecule has 0 aliphatic carbocycles. The van der Waals surface area contributed by atoms with Crippen molar-refractivity contribution in [1.82, 2.24) is 4.57 Å². The quantitative estimate of drug-likeness (QED) is 0.209. The van der Waals surface area contributed by atoms with Crippen molar-refractivity contribution in [2.75, 3.05) is 0 Å². The lowest BCUT2D eigenvalue weighted by molar-refractivity contribution is 0.669. The van der Waals surface area contributed by atoms with Crippen LogP contribution in [0.3, 0.4) is 0 Å². The van der Waals surface area contributed by atoms with Crippen molar-refractivity contribution in [2.24, 2.45) is 0 Å². The zero-order valence-corrected chi connectivity index (χ0v) is 22.9. The van der Waals surface area contributed by atoms with Crippen LogP contribution < -0.4 is 0 Å². The first-order chi connectivity index (χ1) is 20.2. The first kappa shape index (κ1) is 24.7. The number of nitrogens with zero attached hydrogens (tertiary/aromatic N) is 1. The standard InChI is InChI=1S/C36H23NO.C3H6/c1-2-11-28(12-3-1)37-33-15-6-4-13-29(33)31-22-26(17-19-34(31)37)24-9-8-10-25(21-24)27-18-20-36-32(23-27)30-14-5-7-16-35(30)38-36;1-3-2/h1-23H;3H,1H2,2H3. The number of hydrogen-bond donors (Lipinski definition) is 0. The molecule has 0 fully saturated rings. The van der Waals surface area contributed by atoms with Crippen molar-refractivity contribution < 1.29 is 4.42 Å². The van der Waals surface area contributed by atoms with Gasteiger partial charge in [0.2, 0.25) is 0 Å². The number of rotatable bonds is 3. The number of hydrogen-bond acceptors (Lipinski definition) is 1. The van der Waals surface area contributed by atoms with Gasteiger partial charge in [0.05, 0.1) is 11.0 Å². The second-order valence-electron chi connectivity index (χ2n) is 10.2. The van der Waals surface area contributed by atoms with Gasteiger partial charge in [-0.05, 0) is 83.8 Å². The van der Waals surface area contributed by atoms with E-state index in [0.29, 0.717) is 0 Å². The average molecular weight is 528 g/mol. The smallest absolute Gasteiger partial charge is 0.135 e. The van der Waals surface area contributed by atoms with Gasteiger partial charge in [0.25, 0.3) is 0 Å². The highest BCUT2D eigenvalue weighted by Crippen LogP contribution is 2.37. The van der Waals surface area contributed by atoms with Crippen molar-refractivity contribution in [3.05, 3.63) is 152 Å². The molecule has 41 heavy (non-hydrogen) atoms. The monoisotopic (exact) mass is 527 g/mol. The van der Waals surface area contributed by atoms with Crippen LogP contribution in [0.1, 0.15) is 6.92 Å². The van der Waals surface area contributed by atoms with E-state index in [2.05, 4.69) is 139 Å². The predicted molar refractivity (Wildman–Crippen MR) is 175 cm³/mol. The van der Waals surface area contributed by atoms with Gasteiger partial charge in [-0.2, -0.15) is 0 Å². The van der Waals surface area contributed by atoms with E-state index in [1.807, 2.05) is 19.1 Å². The van der Waals surface area contributed by atoms with Crippen molar-refractivity contribution in [3.63, 3.8) is 0 Å². The third-order valence-corrected chi connectivity index (χ3v) is 7.59. The summed E-state index contributed by atoms with van der Waals surface area (Å²) in [6.45, 7) is 5.25. The summed E-state index contributed by atoms with van der Waals surface area (Å²) in [6, 6.07) is 49.7. The molecular weight excluding hydrogens is 498 g/mol. The van der Waals surface area contributed by atoms with Gasteiger partial charge in [0, 0.05) is 27.2 Å². The first-order valence-electron chi connectivity index (χ1n) is 13.9. The molecular formula is C39H29NO. The molecule has 0 atom stereocenters. The molecule has 8 rings (SSSR count). The Kier molecular flexibility index (Phi) is 6.22. The van der Waals surface area contributed by atoms with Gasteiger partial charge in [-0.1, -0.05) is 91.0 Å². The van der Waals surface area contributed by atoms with E-state index in [4.69, 9.17) is 4.42 Å². The summed E-state index contributed by atoms with van der Waals surface area (Å²) < 4.78 is 8.40. The molecule has 2 heterocycles. The maximum absolute atomic E-state index is 6.04. The van der Waals surface area contributed by atoms with Crippen LogP contribution in [-0.4, -0.2) is 4.57 Å². The minimum atomic E-state index is 0.923. The molecule has 196 valence electrons. The van der Waals surface area contributed by atoms with Crippen LogP contribution in [0.4, 0.5) is 0 Å².